The number of anilines is 4. The maximum atomic E-state index is 15.1. The number of benzene rings is 3. The van der Waals surface area contributed by atoms with E-state index < -0.39 is 11.9 Å². The van der Waals surface area contributed by atoms with E-state index >= 15 is 4.39 Å². The molecule has 0 spiro atoms. The summed E-state index contributed by atoms with van der Waals surface area (Å²) in [6.45, 7) is 13.9. The van der Waals surface area contributed by atoms with Crippen molar-refractivity contribution in [2.45, 2.75) is 109 Å². The van der Waals surface area contributed by atoms with Crippen molar-refractivity contribution in [1.29, 1.82) is 0 Å². The van der Waals surface area contributed by atoms with Crippen LogP contribution in [0.2, 0.25) is 0 Å². The summed E-state index contributed by atoms with van der Waals surface area (Å²) in [5.41, 5.74) is 2.45. The Balaban J connectivity index is 0.991. The van der Waals surface area contributed by atoms with Crippen molar-refractivity contribution in [3.63, 3.8) is 0 Å². The molecule has 0 aliphatic carbocycles. The van der Waals surface area contributed by atoms with Crippen molar-refractivity contribution in [2.24, 2.45) is 11.8 Å². The number of carbonyl (C=O) groups excluding carboxylic acids is 1. The number of aromatic nitrogens is 1. The topological polar surface area (TPSA) is 163 Å². The summed E-state index contributed by atoms with van der Waals surface area (Å²) in [6.07, 6.45) is 3.81. The molecule has 17 nitrogen and oxygen atoms in total. The van der Waals surface area contributed by atoms with Gasteiger partial charge in [-0.1, -0.05) is 13.8 Å². The molecule has 0 amide bonds. The van der Waals surface area contributed by atoms with Crippen LogP contribution in [0.5, 0.6) is 28.9 Å². The molecule has 5 heterocycles. The van der Waals surface area contributed by atoms with E-state index in [-0.39, 0.29) is 78.6 Å². The number of nitrogens with zero attached hydrogens (tertiary/aromatic N) is 5. The zero-order chi connectivity index (χ0) is 54.4. The van der Waals surface area contributed by atoms with Crippen LogP contribution >= 0.6 is 0 Å². The van der Waals surface area contributed by atoms with Gasteiger partial charge in [0.25, 0.3) is 0 Å². The lowest BCUT2D eigenvalue weighted by Crippen LogP contribution is -2.44. The number of hydrogen-bond donors (Lipinski definition) is 1. The van der Waals surface area contributed by atoms with Gasteiger partial charge in [0.15, 0.2) is 11.5 Å². The Morgan fingerprint density at radius 2 is 1.36 bits per heavy atom. The molecule has 77 heavy (non-hydrogen) atoms. The Morgan fingerprint density at radius 3 is 2.01 bits per heavy atom. The lowest BCUT2D eigenvalue weighted by Gasteiger charge is -2.38. The monoisotopic (exact) mass is 1070 g/mol. The predicted molar refractivity (Wildman–Crippen MR) is 288 cm³/mol. The maximum absolute atomic E-state index is 15.1. The summed E-state index contributed by atoms with van der Waals surface area (Å²) in [6, 6.07) is 18.1. The van der Waals surface area contributed by atoms with Gasteiger partial charge in [0.1, 0.15) is 35.3 Å². The quantitative estimate of drug-likeness (QED) is 0.0360. The fraction of sp³-hybridized carbons (Fsp3) is 0.569. The molecule has 4 aromatic rings. The number of carboxylic acid groups (broad SMARTS) is 1. The van der Waals surface area contributed by atoms with E-state index in [1.807, 2.05) is 46.7 Å². The van der Waals surface area contributed by atoms with Gasteiger partial charge in [0.2, 0.25) is 5.88 Å². The lowest BCUT2D eigenvalue weighted by molar-refractivity contribution is -0.137. The average Bonchev–Trinajstić information content (AvgIpc) is 3.98. The Labute approximate surface area is 451 Å². The van der Waals surface area contributed by atoms with Gasteiger partial charge < -0.3 is 67.3 Å². The van der Waals surface area contributed by atoms with Crippen LogP contribution < -0.4 is 43.3 Å². The number of ether oxygens (including phenoxy) is 9. The van der Waals surface area contributed by atoms with Crippen molar-refractivity contribution in [1.82, 2.24) is 4.98 Å². The number of carboxylic acids is 1. The SMILES string of the molecule is CCOc1ccc(F)c(N2CCC(Oc3ccc(N4C[C@H](OCCOC)C[C@@H]4CC(=O)O)cc3OC(=O)C[C@H]3[C@H](C)[C@@H](OCCCOC)CN3c3ccc(OC4CCN(c5cc(OCC)ccc5F)CC4C)nc3)CC2)c1. The van der Waals surface area contributed by atoms with Crippen LogP contribution in [0.4, 0.5) is 31.5 Å². The maximum Gasteiger partial charge on any atom is 0.313 e. The Hall–Kier alpha value is -6.15. The largest absolute Gasteiger partial charge is 0.494 e. The van der Waals surface area contributed by atoms with E-state index in [4.69, 9.17) is 47.6 Å². The summed E-state index contributed by atoms with van der Waals surface area (Å²) in [7, 11) is 3.26. The van der Waals surface area contributed by atoms with E-state index in [1.165, 1.54) is 12.1 Å². The first-order valence-electron chi connectivity index (χ1n) is 27.3. The minimum atomic E-state index is -0.931. The Kier molecular flexibility index (Phi) is 20.3. The number of esters is 1. The summed E-state index contributed by atoms with van der Waals surface area (Å²) >= 11 is 0. The van der Waals surface area contributed by atoms with Crippen molar-refractivity contribution < 1.29 is 66.1 Å². The number of piperidine rings is 2. The second-order valence-corrected chi connectivity index (χ2v) is 20.4. The number of halogens is 2. The van der Waals surface area contributed by atoms with Crippen LogP contribution in [0, 0.1) is 23.5 Å². The van der Waals surface area contributed by atoms with E-state index in [2.05, 4.69) is 18.7 Å². The van der Waals surface area contributed by atoms with E-state index in [0.717, 1.165) is 5.69 Å². The molecule has 19 heteroatoms. The average molecular weight is 1070 g/mol. The summed E-state index contributed by atoms with van der Waals surface area (Å²) < 4.78 is 84.0. The Morgan fingerprint density at radius 1 is 0.675 bits per heavy atom. The van der Waals surface area contributed by atoms with Gasteiger partial charge in [-0.2, -0.15) is 0 Å². The second-order valence-electron chi connectivity index (χ2n) is 20.4. The zero-order valence-corrected chi connectivity index (χ0v) is 45.4. The number of methoxy groups -OCH3 is 2. The third-order valence-electron chi connectivity index (χ3n) is 15.1. The first kappa shape index (κ1) is 57.0. The first-order chi connectivity index (χ1) is 37.3. The van der Waals surface area contributed by atoms with Gasteiger partial charge >= 0.3 is 11.9 Å². The van der Waals surface area contributed by atoms with E-state index in [0.29, 0.717) is 151 Å². The van der Waals surface area contributed by atoms with Crippen molar-refractivity contribution in [3.05, 3.63) is 84.6 Å². The molecule has 0 radical (unpaired) electrons. The van der Waals surface area contributed by atoms with Crippen molar-refractivity contribution in [3.8, 4) is 28.9 Å². The normalized spacial score (nSPS) is 22.8. The standard InChI is InChI=1S/C58H77F2N5O12/c1-7-71-44-12-14-47(59)50(31-44)62-21-18-43(19-22-62)75-53-16-10-40(64-36-46(73-27-26-70-6)28-42(64)30-57(66)67)29-54(53)77-58(68)33-49-39(4)55(74-25-9-24-69-5)37-65(49)41-11-17-56(61-34-41)76-52-20-23-63(35-38(52)3)51-32-45(72-8-2)13-15-48(51)60/h10-17,29,31-32,34,38-39,42-43,46,49,52,55H,7-9,18-28,30,33,35-37H2,1-6H3,(H,66,67)/t38?,39-,42+,46+,49-,52?,55-/m0/s1. The molecule has 0 saturated carbocycles. The van der Waals surface area contributed by atoms with Crippen LogP contribution in [0.25, 0.3) is 0 Å². The smallest absolute Gasteiger partial charge is 0.313 e. The molecule has 4 fully saturated rings. The molecule has 420 valence electrons. The number of pyridine rings is 1. The molecular weight excluding hydrogens is 997 g/mol. The highest BCUT2D eigenvalue weighted by molar-refractivity contribution is 5.76. The summed E-state index contributed by atoms with van der Waals surface area (Å²) in [4.78, 5) is 39.6. The number of rotatable bonds is 26. The van der Waals surface area contributed by atoms with Gasteiger partial charge in [0.05, 0.1) is 74.7 Å². The van der Waals surface area contributed by atoms with E-state index in [1.54, 1.807) is 56.8 Å². The van der Waals surface area contributed by atoms with Crippen molar-refractivity contribution in [2.75, 3.05) is 113 Å². The third-order valence-corrected chi connectivity index (χ3v) is 15.1. The third kappa shape index (κ3) is 14.9. The summed E-state index contributed by atoms with van der Waals surface area (Å²) in [5, 5.41) is 9.94. The number of carbonyl (C=O) groups is 2. The molecule has 1 aromatic heterocycles. The highest BCUT2D eigenvalue weighted by Crippen LogP contribution is 2.40. The fourth-order valence-electron chi connectivity index (χ4n) is 11.1. The minimum Gasteiger partial charge on any atom is -0.494 e. The highest BCUT2D eigenvalue weighted by Gasteiger charge is 2.42. The van der Waals surface area contributed by atoms with Crippen molar-refractivity contribution >= 4 is 34.7 Å². The molecule has 7 atom stereocenters. The molecule has 4 saturated heterocycles. The van der Waals surface area contributed by atoms with Gasteiger partial charge in [-0.25, -0.2) is 13.8 Å². The first-order valence-corrected chi connectivity index (χ1v) is 27.3. The minimum absolute atomic E-state index is 0.00327. The second kappa shape index (κ2) is 27.4. The van der Waals surface area contributed by atoms with Gasteiger partial charge in [-0.3, -0.25) is 9.59 Å². The lowest BCUT2D eigenvalue weighted by atomic mass is 9.96. The van der Waals surface area contributed by atoms with Crippen LogP contribution in [0.3, 0.4) is 0 Å². The fourth-order valence-corrected chi connectivity index (χ4v) is 11.1. The molecule has 4 aliphatic rings. The molecule has 3 aromatic carbocycles. The number of aliphatic carboxylic acids is 1. The number of hydrogen-bond acceptors (Lipinski definition) is 16. The molecule has 8 rings (SSSR count). The van der Waals surface area contributed by atoms with Crippen LogP contribution in [0.1, 0.15) is 72.6 Å². The molecule has 4 aliphatic heterocycles. The van der Waals surface area contributed by atoms with Gasteiger partial charge in [-0.15, -0.1) is 0 Å². The molecule has 1 N–H and O–H groups in total. The predicted octanol–water partition coefficient (Wildman–Crippen LogP) is 8.83. The molecular formula is C58H77F2N5O12. The van der Waals surface area contributed by atoms with Gasteiger partial charge in [0, 0.05) is 140 Å². The van der Waals surface area contributed by atoms with Crippen LogP contribution in [-0.2, 0) is 28.5 Å². The van der Waals surface area contributed by atoms with E-state index in [9.17, 15) is 19.1 Å². The zero-order valence-electron chi connectivity index (χ0n) is 45.4. The molecule has 2 unspecified atom stereocenters. The summed E-state index contributed by atoms with van der Waals surface area (Å²) in [5.74, 6) is 0.213. The Bertz CT molecular complexity index is 2540. The van der Waals surface area contributed by atoms with Crippen LogP contribution in [-0.4, -0.2) is 152 Å². The molecule has 0 bridgehead atoms. The van der Waals surface area contributed by atoms with Gasteiger partial charge in [-0.05, 0) is 69.2 Å². The van der Waals surface area contributed by atoms with Crippen LogP contribution in [0.15, 0.2) is 72.9 Å². The highest BCUT2D eigenvalue weighted by atomic mass is 19.1.